The molecule has 1 saturated heterocycles. The van der Waals surface area contributed by atoms with E-state index >= 15 is 0 Å². The molecule has 6 nitrogen and oxygen atoms in total. The molecule has 0 bridgehead atoms. The minimum absolute atomic E-state index is 0.0231. The number of rotatable bonds is 7. The Labute approximate surface area is 142 Å². The van der Waals surface area contributed by atoms with E-state index in [2.05, 4.69) is 10.1 Å². The number of benzene rings is 1. The fraction of sp³-hybridized carbons (Fsp3) is 0.500. The van der Waals surface area contributed by atoms with Crippen LogP contribution >= 0.6 is 0 Å². The Morgan fingerprint density at radius 2 is 1.96 bits per heavy atom. The summed E-state index contributed by atoms with van der Waals surface area (Å²) in [5.74, 6) is -1.49. The number of ether oxygens (including phenoxy) is 1. The maximum Gasteiger partial charge on any atom is 0.573 e. The van der Waals surface area contributed by atoms with Gasteiger partial charge in [-0.05, 0) is 43.5 Å². The molecule has 0 aromatic heterocycles. The summed E-state index contributed by atoms with van der Waals surface area (Å²) in [5.41, 5.74) is 0.749. The molecule has 1 aromatic rings. The van der Waals surface area contributed by atoms with Crippen molar-refractivity contribution in [3.63, 3.8) is 0 Å². The highest BCUT2D eigenvalue weighted by Gasteiger charge is 2.32. The topological polar surface area (TPSA) is 78.9 Å². The lowest BCUT2D eigenvalue weighted by atomic mass is 10.1. The van der Waals surface area contributed by atoms with E-state index in [9.17, 15) is 22.8 Å². The molecular weight excluding hydrogens is 341 g/mol. The van der Waals surface area contributed by atoms with Crippen molar-refractivity contribution in [2.45, 2.75) is 31.7 Å². The first-order valence-electron chi connectivity index (χ1n) is 7.83. The molecule has 1 aliphatic heterocycles. The maximum atomic E-state index is 12.1. The van der Waals surface area contributed by atoms with E-state index in [1.165, 1.54) is 24.3 Å². The molecule has 25 heavy (non-hydrogen) atoms. The van der Waals surface area contributed by atoms with E-state index in [0.29, 0.717) is 25.9 Å². The number of hydrogen-bond acceptors (Lipinski definition) is 4. The van der Waals surface area contributed by atoms with Gasteiger partial charge in [-0.3, -0.25) is 14.5 Å². The van der Waals surface area contributed by atoms with Gasteiger partial charge in [0.1, 0.15) is 11.8 Å². The molecule has 1 unspecified atom stereocenters. The number of amides is 1. The zero-order valence-electron chi connectivity index (χ0n) is 13.4. The molecule has 1 aliphatic rings. The second kappa shape index (κ2) is 8.19. The first-order valence-corrected chi connectivity index (χ1v) is 7.83. The van der Waals surface area contributed by atoms with Crippen molar-refractivity contribution in [1.82, 2.24) is 10.2 Å². The van der Waals surface area contributed by atoms with Gasteiger partial charge in [0.15, 0.2) is 0 Å². The predicted octanol–water partition coefficient (Wildman–Crippen LogP) is 1.79. The molecule has 1 heterocycles. The molecular formula is C16H19F3N2O4. The Balaban J connectivity index is 1.73. The van der Waals surface area contributed by atoms with E-state index in [4.69, 9.17) is 5.11 Å². The minimum atomic E-state index is -4.72. The molecule has 0 spiro atoms. The first kappa shape index (κ1) is 19.0. The van der Waals surface area contributed by atoms with Crippen LogP contribution in [0.5, 0.6) is 5.75 Å². The molecule has 2 rings (SSSR count). The lowest BCUT2D eigenvalue weighted by Gasteiger charge is -2.20. The lowest BCUT2D eigenvalue weighted by molar-refractivity contribution is -0.274. The summed E-state index contributed by atoms with van der Waals surface area (Å²) in [4.78, 5) is 24.6. The molecule has 2 N–H and O–H groups in total. The van der Waals surface area contributed by atoms with Gasteiger partial charge in [0.2, 0.25) is 5.91 Å². The SMILES string of the molecule is O=C(CN1CCCC1C(=O)O)NCCc1ccc(OC(F)(F)F)cc1. The lowest BCUT2D eigenvalue weighted by Crippen LogP contribution is -2.43. The number of nitrogens with one attached hydrogen (secondary N) is 1. The third-order valence-electron chi connectivity index (χ3n) is 3.89. The van der Waals surface area contributed by atoms with Gasteiger partial charge in [0.05, 0.1) is 6.54 Å². The van der Waals surface area contributed by atoms with Crippen LogP contribution in [0.15, 0.2) is 24.3 Å². The summed E-state index contributed by atoms with van der Waals surface area (Å²) in [6.07, 6.45) is -3.00. The van der Waals surface area contributed by atoms with Crippen LogP contribution in [-0.2, 0) is 16.0 Å². The summed E-state index contributed by atoms with van der Waals surface area (Å²) >= 11 is 0. The Kier molecular flexibility index (Phi) is 6.24. The summed E-state index contributed by atoms with van der Waals surface area (Å²) in [6.45, 7) is 0.907. The first-order chi connectivity index (χ1) is 11.7. The molecule has 1 atom stereocenters. The van der Waals surface area contributed by atoms with Crippen molar-refractivity contribution in [2.24, 2.45) is 0 Å². The number of carbonyl (C=O) groups excluding carboxylic acids is 1. The third-order valence-corrected chi connectivity index (χ3v) is 3.89. The predicted molar refractivity (Wildman–Crippen MR) is 82.1 cm³/mol. The number of nitrogens with zero attached hydrogens (tertiary/aromatic N) is 1. The van der Waals surface area contributed by atoms with Crippen molar-refractivity contribution in [2.75, 3.05) is 19.6 Å². The second-order valence-corrected chi connectivity index (χ2v) is 5.76. The molecule has 0 saturated carbocycles. The van der Waals surface area contributed by atoms with Crippen LogP contribution in [0.1, 0.15) is 18.4 Å². The Hall–Kier alpha value is -2.29. The van der Waals surface area contributed by atoms with Gasteiger partial charge >= 0.3 is 12.3 Å². The van der Waals surface area contributed by atoms with Gasteiger partial charge in [-0.1, -0.05) is 12.1 Å². The fourth-order valence-corrected chi connectivity index (χ4v) is 2.74. The average molecular weight is 360 g/mol. The Morgan fingerprint density at radius 1 is 1.28 bits per heavy atom. The van der Waals surface area contributed by atoms with E-state index < -0.39 is 18.4 Å². The number of alkyl halides is 3. The Bertz CT molecular complexity index is 604. The molecule has 1 aromatic carbocycles. The number of hydrogen-bond donors (Lipinski definition) is 2. The minimum Gasteiger partial charge on any atom is -0.480 e. The standard InChI is InChI=1S/C16H19F3N2O4/c17-16(18,19)25-12-5-3-11(4-6-12)7-8-20-14(22)10-21-9-1-2-13(21)15(23)24/h3-6,13H,1-2,7-10H2,(H,20,22)(H,23,24). The molecule has 1 fully saturated rings. The van der Waals surface area contributed by atoms with Crippen LogP contribution in [0, 0.1) is 0 Å². The quantitative estimate of drug-likeness (QED) is 0.775. The van der Waals surface area contributed by atoms with E-state index in [1.807, 2.05) is 0 Å². The highest BCUT2D eigenvalue weighted by Crippen LogP contribution is 2.22. The van der Waals surface area contributed by atoms with Gasteiger partial charge in [-0.25, -0.2) is 0 Å². The van der Waals surface area contributed by atoms with E-state index in [1.54, 1.807) is 4.90 Å². The number of aliphatic carboxylic acids is 1. The molecule has 1 amide bonds. The maximum absolute atomic E-state index is 12.1. The zero-order chi connectivity index (χ0) is 18.4. The molecule has 0 radical (unpaired) electrons. The van der Waals surface area contributed by atoms with Gasteiger partial charge in [-0.15, -0.1) is 13.2 Å². The molecule has 0 aliphatic carbocycles. The Morgan fingerprint density at radius 3 is 2.56 bits per heavy atom. The van der Waals surface area contributed by atoms with Crippen molar-refractivity contribution in [1.29, 1.82) is 0 Å². The van der Waals surface area contributed by atoms with Gasteiger partial charge in [0.25, 0.3) is 0 Å². The average Bonchev–Trinajstić information content (AvgIpc) is 2.96. The number of halogens is 3. The third kappa shape index (κ3) is 6.26. The van der Waals surface area contributed by atoms with Crippen molar-refractivity contribution in [3.8, 4) is 5.75 Å². The van der Waals surface area contributed by atoms with Crippen LogP contribution in [0.4, 0.5) is 13.2 Å². The molecule has 9 heteroatoms. The van der Waals surface area contributed by atoms with Crippen LogP contribution in [0.25, 0.3) is 0 Å². The van der Waals surface area contributed by atoms with Gasteiger partial charge < -0.3 is 15.2 Å². The zero-order valence-corrected chi connectivity index (χ0v) is 13.4. The normalized spacial score (nSPS) is 18.1. The monoisotopic (exact) mass is 360 g/mol. The summed E-state index contributed by atoms with van der Waals surface area (Å²) < 4.78 is 40.0. The fourth-order valence-electron chi connectivity index (χ4n) is 2.74. The van der Waals surface area contributed by atoms with Crippen molar-refractivity contribution >= 4 is 11.9 Å². The van der Waals surface area contributed by atoms with Gasteiger partial charge in [-0.2, -0.15) is 0 Å². The highest BCUT2D eigenvalue weighted by atomic mass is 19.4. The largest absolute Gasteiger partial charge is 0.573 e. The molecule has 138 valence electrons. The van der Waals surface area contributed by atoms with Crippen LogP contribution in [-0.4, -0.2) is 53.9 Å². The number of likely N-dealkylation sites (tertiary alicyclic amines) is 1. The number of carboxylic acids is 1. The second-order valence-electron chi connectivity index (χ2n) is 5.76. The van der Waals surface area contributed by atoms with Crippen molar-refractivity contribution in [3.05, 3.63) is 29.8 Å². The van der Waals surface area contributed by atoms with Crippen LogP contribution in [0.2, 0.25) is 0 Å². The van der Waals surface area contributed by atoms with Crippen LogP contribution < -0.4 is 10.1 Å². The number of carbonyl (C=O) groups is 2. The highest BCUT2D eigenvalue weighted by molar-refractivity contribution is 5.80. The van der Waals surface area contributed by atoms with E-state index in [-0.39, 0.29) is 18.2 Å². The van der Waals surface area contributed by atoms with E-state index in [0.717, 1.165) is 12.0 Å². The smallest absolute Gasteiger partial charge is 0.480 e. The van der Waals surface area contributed by atoms with Crippen LogP contribution in [0.3, 0.4) is 0 Å². The summed E-state index contributed by atoms with van der Waals surface area (Å²) in [6, 6.07) is 4.80. The van der Waals surface area contributed by atoms with Crippen molar-refractivity contribution < 1.29 is 32.6 Å². The van der Waals surface area contributed by atoms with Gasteiger partial charge in [0, 0.05) is 6.54 Å². The number of carboxylic acid groups (broad SMARTS) is 1. The summed E-state index contributed by atoms with van der Waals surface area (Å²) in [7, 11) is 0. The summed E-state index contributed by atoms with van der Waals surface area (Å²) in [5, 5.41) is 11.7.